The summed E-state index contributed by atoms with van der Waals surface area (Å²) in [6.07, 6.45) is 5.40. The Morgan fingerprint density at radius 3 is 2.56 bits per heavy atom. The Labute approximate surface area is 189 Å². The number of halogens is 1. The fourth-order valence-corrected chi connectivity index (χ4v) is 5.16. The van der Waals surface area contributed by atoms with Crippen LogP contribution in [0.1, 0.15) is 49.7 Å². The van der Waals surface area contributed by atoms with Crippen molar-refractivity contribution in [1.82, 2.24) is 10.2 Å². The first-order valence-electron chi connectivity index (χ1n) is 11.6. The van der Waals surface area contributed by atoms with Crippen molar-refractivity contribution in [3.05, 3.63) is 65.5 Å². The molecular formula is C26H32FN3O2. The number of rotatable bonds is 5. The SMILES string of the molecule is Cc1ccc(NC(=O)NCC2CCCN(C(=O)C3(c4cccc(F)c4)CCCC3)C2)cc1. The number of carbonyl (C=O) groups is 2. The number of amides is 3. The molecule has 1 atom stereocenters. The van der Waals surface area contributed by atoms with Crippen molar-refractivity contribution in [2.45, 2.75) is 50.9 Å². The summed E-state index contributed by atoms with van der Waals surface area (Å²) in [6, 6.07) is 14.0. The lowest BCUT2D eigenvalue weighted by atomic mass is 9.77. The monoisotopic (exact) mass is 437 g/mol. The molecule has 0 bridgehead atoms. The minimum absolute atomic E-state index is 0.120. The van der Waals surface area contributed by atoms with Crippen LogP contribution in [-0.4, -0.2) is 36.5 Å². The van der Waals surface area contributed by atoms with Crippen LogP contribution in [0.15, 0.2) is 48.5 Å². The van der Waals surface area contributed by atoms with Gasteiger partial charge in [0.1, 0.15) is 5.82 Å². The Hall–Kier alpha value is -2.89. The summed E-state index contributed by atoms with van der Waals surface area (Å²) in [5.74, 6) is 0.0405. The lowest BCUT2D eigenvalue weighted by molar-refractivity contribution is -0.139. The predicted octanol–water partition coefficient (Wildman–Crippen LogP) is 5.01. The molecule has 3 amide bonds. The number of hydrogen-bond acceptors (Lipinski definition) is 2. The Balaban J connectivity index is 1.37. The molecule has 2 aliphatic rings. The molecule has 1 aliphatic heterocycles. The van der Waals surface area contributed by atoms with E-state index >= 15 is 0 Å². The molecule has 6 heteroatoms. The third-order valence-corrected chi connectivity index (χ3v) is 6.91. The van der Waals surface area contributed by atoms with Crippen LogP contribution in [-0.2, 0) is 10.2 Å². The Kier molecular flexibility index (Phi) is 6.77. The summed E-state index contributed by atoms with van der Waals surface area (Å²) in [4.78, 5) is 27.9. The van der Waals surface area contributed by atoms with Gasteiger partial charge in [0.15, 0.2) is 0 Å². The van der Waals surface area contributed by atoms with E-state index in [2.05, 4.69) is 10.6 Å². The van der Waals surface area contributed by atoms with Gasteiger partial charge >= 0.3 is 6.03 Å². The number of anilines is 1. The first kappa shape index (κ1) is 22.3. The van der Waals surface area contributed by atoms with Gasteiger partial charge in [0.25, 0.3) is 0 Å². The van der Waals surface area contributed by atoms with Crippen molar-refractivity contribution in [3.63, 3.8) is 0 Å². The van der Waals surface area contributed by atoms with Crippen LogP contribution in [0.4, 0.5) is 14.9 Å². The molecule has 1 unspecified atom stereocenters. The predicted molar refractivity (Wildman–Crippen MR) is 124 cm³/mol. The van der Waals surface area contributed by atoms with Gasteiger partial charge in [-0.05, 0) is 68.4 Å². The van der Waals surface area contributed by atoms with Crippen molar-refractivity contribution >= 4 is 17.6 Å². The van der Waals surface area contributed by atoms with Crippen molar-refractivity contribution in [2.24, 2.45) is 5.92 Å². The summed E-state index contributed by atoms with van der Waals surface area (Å²) in [7, 11) is 0. The van der Waals surface area contributed by atoms with Crippen LogP contribution >= 0.6 is 0 Å². The molecule has 170 valence electrons. The van der Waals surface area contributed by atoms with Crippen LogP contribution in [0, 0.1) is 18.7 Å². The molecule has 2 fully saturated rings. The number of carbonyl (C=O) groups excluding carboxylic acids is 2. The number of urea groups is 1. The van der Waals surface area contributed by atoms with Crippen molar-refractivity contribution in [3.8, 4) is 0 Å². The second kappa shape index (κ2) is 9.72. The molecular weight excluding hydrogens is 405 g/mol. The zero-order valence-electron chi connectivity index (χ0n) is 18.7. The maximum absolute atomic E-state index is 13.9. The fraction of sp³-hybridized carbons (Fsp3) is 0.462. The van der Waals surface area contributed by atoms with E-state index in [-0.39, 0.29) is 23.7 Å². The molecule has 2 aromatic rings. The van der Waals surface area contributed by atoms with Gasteiger partial charge in [0.05, 0.1) is 5.41 Å². The van der Waals surface area contributed by atoms with E-state index in [0.717, 1.165) is 61.9 Å². The first-order valence-corrected chi connectivity index (χ1v) is 11.6. The van der Waals surface area contributed by atoms with E-state index in [4.69, 9.17) is 0 Å². The first-order chi connectivity index (χ1) is 15.5. The molecule has 32 heavy (non-hydrogen) atoms. The summed E-state index contributed by atoms with van der Waals surface area (Å²) < 4.78 is 13.9. The Bertz CT molecular complexity index is 954. The molecule has 1 aliphatic carbocycles. The molecule has 4 rings (SSSR count). The number of benzene rings is 2. The van der Waals surface area contributed by atoms with Gasteiger partial charge in [-0.3, -0.25) is 4.79 Å². The molecule has 1 saturated carbocycles. The topological polar surface area (TPSA) is 61.4 Å². The standard InChI is InChI=1S/C26H32FN3O2/c1-19-9-11-23(12-10-19)29-25(32)28-17-20-6-5-15-30(18-20)24(31)26(13-2-3-14-26)21-7-4-8-22(27)16-21/h4,7-12,16,20H,2-3,5-6,13-15,17-18H2,1H3,(H2,28,29,32). The van der Waals surface area contributed by atoms with Crippen molar-refractivity contribution in [2.75, 3.05) is 25.0 Å². The third-order valence-electron chi connectivity index (χ3n) is 6.91. The smallest absolute Gasteiger partial charge is 0.319 e. The summed E-state index contributed by atoms with van der Waals surface area (Å²) in [6.45, 7) is 3.88. The van der Waals surface area contributed by atoms with E-state index < -0.39 is 5.41 Å². The average molecular weight is 438 g/mol. The van der Waals surface area contributed by atoms with Gasteiger partial charge in [-0.1, -0.05) is 42.7 Å². The Morgan fingerprint density at radius 1 is 1.09 bits per heavy atom. The summed E-state index contributed by atoms with van der Waals surface area (Å²) in [5.41, 5.74) is 2.09. The maximum atomic E-state index is 13.9. The van der Waals surface area contributed by atoms with Crippen LogP contribution in [0.2, 0.25) is 0 Å². The molecule has 0 radical (unpaired) electrons. The maximum Gasteiger partial charge on any atom is 0.319 e. The molecule has 1 heterocycles. The highest BCUT2D eigenvalue weighted by Gasteiger charge is 2.45. The van der Waals surface area contributed by atoms with E-state index in [1.165, 1.54) is 12.1 Å². The Morgan fingerprint density at radius 2 is 1.84 bits per heavy atom. The second-order valence-electron chi connectivity index (χ2n) is 9.26. The van der Waals surface area contributed by atoms with Gasteiger partial charge < -0.3 is 15.5 Å². The van der Waals surface area contributed by atoms with Crippen LogP contribution in [0.25, 0.3) is 0 Å². The quantitative estimate of drug-likeness (QED) is 0.691. The molecule has 1 saturated heterocycles. The van der Waals surface area contributed by atoms with Crippen molar-refractivity contribution in [1.29, 1.82) is 0 Å². The normalized spacial score (nSPS) is 20.1. The van der Waals surface area contributed by atoms with Crippen molar-refractivity contribution < 1.29 is 14.0 Å². The zero-order chi connectivity index (χ0) is 22.6. The van der Waals surface area contributed by atoms with Gasteiger partial charge in [-0.25, -0.2) is 9.18 Å². The van der Waals surface area contributed by atoms with Crippen LogP contribution in [0.5, 0.6) is 0 Å². The van der Waals surface area contributed by atoms with E-state index in [9.17, 15) is 14.0 Å². The zero-order valence-corrected chi connectivity index (χ0v) is 18.7. The van der Waals surface area contributed by atoms with Gasteiger partial charge in [0.2, 0.25) is 5.91 Å². The summed E-state index contributed by atoms with van der Waals surface area (Å²) in [5, 5.41) is 5.81. The molecule has 0 spiro atoms. The average Bonchev–Trinajstić information content (AvgIpc) is 3.30. The number of hydrogen-bond donors (Lipinski definition) is 2. The third kappa shape index (κ3) is 4.95. The van der Waals surface area contributed by atoms with Crippen LogP contribution < -0.4 is 10.6 Å². The molecule has 2 aromatic carbocycles. The van der Waals surface area contributed by atoms with Gasteiger partial charge in [-0.15, -0.1) is 0 Å². The summed E-state index contributed by atoms with van der Waals surface area (Å²) >= 11 is 0. The molecule has 2 N–H and O–H groups in total. The highest BCUT2D eigenvalue weighted by molar-refractivity contribution is 5.89. The minimum atomic E-state index is -0.611. The van der Waals surface area contributed by atoms with E-state index in [0.29, 0.717) is 13.1 Å². The van der Waals surface area contributed by atoms with Gasteiger partial charge in [0, 0.05) is 25.3 Å². The minimum Gasteiger partial charge on any atom is -0.342 e. The number of nitrogens with zero attached hydrogens (tertiary/aromatic N) is 1. The second-order valence-corrected chi connectivity index (χ2v) is 9.26. The van der Waals surface area contributed by atoms with Crippen LogP contribution in [0.3, 0.4) is 0 Å². The highest BCUT2D eigenvalue weighted by Crippen LogP contribution is 2.43. The van der Waals surface area contributed by atoms with E-state index in [1.54, 1.807) is 6.07 Å². The fourth-order valence-electron chi connectivity index (χ4n) is 5.16. The van der Waals surface area contributed by atoms with E-state index in [1.807, 2.05) is 42.2 Å². The number of aryl methyl sites for hydroxylation is 1. The highest BCUT2D eigenvalue weighted by atomic mass is 19.1. The number of nitrogens with one attached hydrogen (secondary N) is 2. The molecule has 5 nitrogen and oxygen atoms in total. The largest absolute Gasteiger partial charge is 0.342 e. The van der Waals surface area contributed by atoms with Gasteiger partial charge in [-0.2, -0.15) is 0 Å². The molecule has 0 aromatic heterocycles. The lowest BCUT2D eigenvalue weighted by Gasteiger charge is -2.39. The number of piperidine rings is 1. The number of likely N-dealkylation sites (tertiary alicyclic amines) is 1. The lowest BCUT2D eigenvalue weighted by Crippen LogP contribution is -2.51.